The molecule has 0 saturated carbocycles. The van der Waals surface area contributed by atoms with Crippen LogP contribution in [-0.4, -0.2) is 40.4 Å². The van der Waals surface area contributed by atoms with Gasteiger partial charge in [0, 0.05) is 0 Å². The molecular weight excluding hydrogens is 300 g/mol. The van der Waals surface area contributed by atoms with E-state index in [1.165, 1.54) is 11.8 Å². The van der Waals surface area contributed by atoms with E-state index < -0.39 is 0 Å². The average molecular weight is 316 g/mol. The largest absolute Gasteiger partial charge is 0.215 e. The molecule has 3 aromatic rings. The van der Waals surface area contributed by atoms with E-state index in [-0.39, 0.29) is 5.54 Å². The van der Waals surface area contributed by atoms with Crippen molar-refractivity contribution >= 4 is 11.8 Å². The van der Waals surface area contributed by atoms with Crippen LogP contribution < -0.4 is 0 Å². The minimum absolute atomic E-state index is 0.169. The molecule has 0 amide bonds. The predicted octanol–water partition coefficient (Wildman–Crippen LogP) is 1.70. The van der Waals surface area contributed by atoms with Gasteiger partial charge in [-0.3, -0.25) is 0 Å². The average Bonchev–Trinajstić information content (AvgIpc) is 3.14. The smallest absolute Gasteiger partial charge is 0.210 e. The number of hydrogen-bond acceptors (Lipinski definition) is 7. The number of rotatable bonds is 4. The minimum atomic E-state index is -0.169. The highest BCUT2D eigenvalue weighted by atomic mass is 32.2. The molecule has 0 saturated heterocycles. The lowest BCUT2D eigenvalue weighted by molar-refractivity contribution is 0.321. The van der Waals surface area contributed by atoms with Crippen LogP contribution in [0.4, 0.5) is 0 Å². The standard InChI is InChI=1S/C13H16N8S/c1-13(2,3)21-12(15-17-19-21)22-9-11-14-16-18-20(11)10-7-5-4-6-8-10/h4-8H,9H2,1-3H3. The van der Waals surface area contributed by atoms with Crippen molar-refractivity contribution in [3.63, 3.8) is 0 Å². The summed E-state index contributed by atoms with van der Waals surface area (Å²) < 4.78 is 3.52. The van der Waals surface area contributed by atoms with Crippen LogP contribution in [0.25, 0.3) is 5.69 Å². The van der Waals surface area contributed by atoms with E-state index in [4.69, 9.17) is 0 Å². The summed E-state index contributed by atoms with van der Waals surface area (Å²) in [6.45, 7) is 6.17. The fraction of sp³-hybridized carbons (Fsp3) is 0.385. The van der Waals surface area contributed by atoms with Gasteiger partial charge in [-0.1, -0.05) is 30.0 Å². The van der Waals surface area contributed by atoms with Crippen molar-refractivity contribution in [2.75, 3.05) is 0 Å². The summed E-state index contributed by atoms with van der Waals surface area (Å²) in [5.41, 5.74) is 0.760. The molecule has 0 unspecified atom stereocenters. The molecule has 0 aliphatic heterocycles. The molecular formula is C13H16N8S. The van der Waals surface area contributed by atoms with E-state index in [1.807, 2.05) is 30.3 Å². The summed E-state index contributed by atoms with van der Waals surface area (Å²) >= 11 is 1.51. The maximum absolute atomic E-state index is 4.09. The maximum Gasteiger partial charge on any atom is 0.210 e. The summed E-state index contributed by atoms with van der Waals surface area (Å²) in [5, 5.41) is 24.5. The molecule has 114 valence electrons. The van der Waals surface area contributed by atoms with E-state index in [0.717, 1.165) is 16.7 Å². The first-order chi connectivity index (χ1) is 10.6. The molecule has 0 radical (unpaired) electrons. The number of benzene rings is 1. The Labute approximate surface area is 131 Å². The van der Waals surface area contributed by atoms with E-state index in [0.29, 0.717) is 5.75 Å². The molecule has 9 heteroatoms. The number of tetrazole rings is 2. The molecule has 2 aromatic heterocycles. The van der Waals surface area contributed by atoms with Crippen LogP contribution in [0.2, 0.25) is 0 Å². The number of nitrogens with zero attached hydrogens (tertiary/aromatic N) is 8. The quantitative estimate of drug-likeness (QED) is 0.677. The SMILES string of the molecule is CC(C)(C)n1nnnc1SCc1nnnn1-c1ccccc1. The molecule has 22 heavy (non-hydrogen) atoms. The van der Waals surface area contributed by atoms with Crippen molar-refractivity contribution in [1.82, 2.24) is 40.4 Å². The molecule has 0 spiro atoms. The first kappa shape index (κ1) is 14.6. The molecule has 8 nitrogen and oxygen atoms in total. The Hall–Kier alpha value is -2.29. The molecule has 1 aromatic carbocycles. The van der Waals surface area contributed by atoms with Gasteiger partial charge in [0.25, 0.3) is 0 Å². The highest BCUT2D eigenvalue weighted by Crippen LogP contribution is 2.24. The summed E-state index contributed by atoms with van der Waals surface area (Å²) in [4.78, 5) is 0. The van der Waals surface area contributed by atoms with Gasteiger partial charge in [0.2, 0.25) is 5.16 Å². The lowest BCUT2D eigenvalue weighted by atomic mass is 10.1. The third-order valence-corrected chi connectivity index (χ3v) is 3.86. The van der Waals surface area contributed by atoms with Crippen LogP contribution in [0, 0.1) is 0 Å². The second-order valence-corrected chi connectivity index (χ2v) is 6.62. The summed E-state index contributed by atoms with van der Waals surface area (Å²) in [5.74, 6) is 1.33. The lowest BCUT2D eigenvalue weighted by Gasteiger charge is -2.19. The van der Waals surface area contributed by atoms with Crippen LogP contribution in [0.15, 0.2) is 35.5 Å². The van der Waals surface area contributed by atoms with Gasteiger partial charge in [0.05, 0.1) is 17.0 Å². The molecule has 0 aliphatic carbocycles. The fourth-order valence-corrected chi connectivity index (χ4v) is 2.85. The van der Waals surface area contributed by atoms with Crippen LogP contribution in [0.3, 0.4) is 0 Å². The number of aromatic nitrogens is 8. The van der Waals surface area contributed by atoms with Crippen molar-refractivity contribution in [3.05, 3.63) is 36.2 Å². The Morgan fingerprint density at radius 1 is 1.00 bits per heavy atom. The number of hydrogen-bond donors (Lipinski definition) is 0. The first-order valence-corrected chi connectivity index (χ1v) is 7.78. The Bertz CT molecular complexity index is 743. The van der Waals surface area contributed by atoms with E-state index in [1.54, 1.807) is 9.36 Å². The van der Waals surface area contributed by atoms with Crippen LogP contribution in [0.1, 0.15) is 26.6 Å². The zero-order chi connectivity index (χ0) is 15.6. The third-order valence-electron chi connectivity index (χ3n) is 2.94. The van der Waals surface area contributed by atoms with E-state index >= 15 is 0 Å². The van der Waals surface area contributed by atoms with Gasteiger partial charge in [0.15, 0.2) is 5.82 Å². The Balaban J connectivity index is 1.79. The molecule has 0 N–H and O–H groups in total. The lowest BCUT2D eigenvalue weighted by Crippen LogP contribution is -2.24. The number of para-hydroxylation sites is 1. The van der Waals surface area contributed by atoms with E-state index in [9.17, 15) is 0 Å². The number of thioether (sulfide) groups is 1. The fourth-order valence-electron chi connectivity index (χ4n) is 1.88. The second-order valence-electron chi connectivity index (χ2n) is 5.68. The summed E-state index contributed by atoms with van der Waals surface area (Å²) in [6, 6.07) is 9.79. The van der Waals surface area contributed by atoms with Gasteiger partial charge in [-0.25, -0.2) is 4.68 Å². The van der Waals surface area contributed by atoms with Crippen molar-refractivity contribution in [3.8, 4) is 5.69 Å². The van der Waals surface area contributed by atoms with Crippen molar-refractivity contribution < 1.29 is 0 Å². The van der Waals surface area contributed by atoms with E-state index in [2.05, 4.69) is 51.8 Å². The molecule has 0 bridgehead atoms. The molecule has 0 aliphatic rings. The molecule has 2 heterocycles. The van der Waals surface area contributed by atoms with Gasteiger partial charge < -0.3 is 0 Å². The van der Waals surface area contributed by atoms with Gasteiger partial charge in [0.1, 0.15) is 0 Å². The van der Waals surface area contributed by atoms with Gasteiger partial charge >= 0.3 is 0 Å². The molecule has 0 atom stereocenters. The normalized spacial score (nSPS) is 11.8. The zero-order valence-electron chi connectivity index (χ0n) is 12.6. The van der Waals surface area contributed by atoms with Crippen molar-refractivity contribution in [1.29, 1.82) is 0 Å². The Kier molecular flexibility index (Phi) is 3.88. The first-order valence-electron chi connectivity index (χ1n) is 6.80. The monoisotopic (exact) mass is 316 g/mol. The van der Waals surface area contributed by atoms with Gasteiger partial charge in [-0.05, 0) is 53.8 Å². The second kappa shape index (κ2) is 5.84. The molecule has 3 rings (SSSR count). The van der Waals surface area contributed by atoms with Crippen LogP contribution in [-0.2, 0) is 11.3 Å². The third kappa shape index (κ3) is 2.98. The zero-order valence-corrected chi connectivity index (χ0v) is 13.4. The van der Waals surface area contributed by atoms with Crippen LogP contribution >= 0.6 is 11.8 Å². The molecule has 0 fully saturated rings. The van der Waals surface area contributed by atoms with Crippen molar-refractivity contribution in [2.45, 2.75) is 37.2 Å². The topological polar surface area (TPSA) is 87.2 Å². The predicted molar refractivity (Wildman–Crippen MR) is 81.5 cm³/mol. The summed E-state index contributed by atoms with van der Waals surface area (Å²) in [7, 11) is 0. The highest BCUT2D eigenvalue weighted by Gasteiger charge is 2.20. The van der Waals surface area contributed by atoms with Gasteiger partial charge in [-0.15, -0.1) is 10.2 Å². The Morgan fingerprint density at radius 3 is 2.45 bits per heavy atom. The summed E-state index contributed by atoms with van der Waals surface area (Å²) in [6.07, 6.45) is 0. The van der Waals surface area contributed by atoms with Crippen molar-refractivity contribution in [2.24, 2.45) is 0 Å². The van der Waals surface area contributed by atoms with Gasteiger partial charge in [-0.2, -0.15) is 4.68 Å². The highest BCUT2D eigenvalue weighted by molar-refractivity contribution is 7.98. The minimum Gasteiger partial charge on any atom is -0.215 e. The van der Waals surface area contributed by atoms with Crippen LogP contribution in [0.5, 0.6) is 0 Å². The Morgan fingerprint density at radius 2 is 1.73 bits per heavy atom. The maximum atomic E-state index is 4.09.